The first kappa shape index (κ1) is 24.8. The quantitative estimate of drug-likeness (QED) is 0.608. The van der Waals surface area contributed by atoms with Crippen molar-refractivity contribution in [2.45, 2.75) is 38.5 Å². The third kappa shape index (κ3) is 5.74. The van der Waals surface area contributed by atoms with Gasteiger partial charge in [-0.1, -0.05) is 12.1 Å². The predicted molar refractivity (Wildman–Crippen MR) is 125 cm³/mol. The molecule has 2 N–H and O–H groups in total. The fourth-order valence-corrected chi connectivity index (χ4v) is 5.52. The van der Waals surface area contributed by atoms with Gasteiger partial charge in [-0.3, -0.25) is 19.7 Å². The highest BCUT2D eigenvalue weighted by molar-refractivity contribution is 5.91. The molecule has 5 rings (SSSR count). The number of benzene rings is 1. The van der Waals surface area contributed by atoms with Crippen LogP contribution in [0.3, 0.4) is 0 Å². The first-order chi connectivity index (χ1) is 17.2. The number of H-pyrrole nitrogens is 1. The first-order valence-corrected chi connectivity index (χ1v) is 12.3. The van der Waals surface area contributed by atoms with Crippen LogP contribution in [0, 0.1) is 11.8 Å². The van der Waals surface area contributed by atoms with Gasteiger partial charge >= 0.3 is 6.36 Å². The second-order valence-electron chi connectivity index (χ2n) is 9.77. The SMILES string of the molecule is O=C(/C=C/c1ccc(OC(F)(F)F)cc1)N1CCC2CN(C(O)N3CCc4[nH]ncc4C3)C[C@@H]2CC1. The Morgan fingerprint density at radius 3 is 2.47 bits per heavy atom. The van der Waals surface area contributed by atoms with Gasteiger partial charge in [-0.05, 0) is 48.4 Å². The van der Waals surface area contributed by atoms with E-state index in [2.05, 4.69) is 24.7 Å². The summed E-state index contributed by atoms with van der Waals surface area (Å²) in [6, 6.07) is 5.41. The molecule has 4 heterocycles. The maximum atomic E-state index is 12.8. The molecule has 0 spiro atoms. The molecular formula is C25H30F3N5O3. The van der Waals surface area contributed by atoms with Gasteiger partial charge in [0.2, 0.25) is 5.91 Å². The monoisotopic (exact) mass is 505 g/mol. The smallest absolute Gasteiger partial charge is 0.406 e. The number of aromatic amines is 1. The van der Waals surface area contributed by atoms with Crippen molar-refractivity contribution >= 4 is 12.0 Å². The Labute approximate surface area is 207 Å². The summed E-state index contributed by atoms with van der Waals surface area (Å²) in [5, 5.41) is 18.2. The summed E-state index contributed by atoms with van der Waals surface area (Å²) < 4.78 is 40.8. The van der Waals surface area contributed by atoms with E-state index in [1.807, 2.05) is 11.1 Å². The van der Waals surface area contributed by atoms with Crippen LogP contribution < -0.4 is 4.74 Å². The molecule has 2 unspecified atom stereocenters. The molecule has 3 aliphatic heterocycles. The lowest BCUT2D eigenvalue weighted by atomic mass is 9.92. The second-order valence-corrected chi connectivity index (χ2v) is 9.77. The van der Waals surface area contributed by atoms with E-state index >= 15 is 0 Å². The van der Waals surface area contributed by atoms with Crippen LogP contribution in [0.2, 0.25) is 0 Å². The predicted octanol–water partition coefficient (Wildman–Crippen LogP) is 2.83. The van der Waals surface area contributed by atoms with Crippen LogP contribution in [0.5, 0.6) is 5.75 Å². The van der Waals surface area contributed by atoms with E-state index in [0.29, 0.717) is 37.0 Å². The van der Waals surface area contributed by atoms with Crippen LogP contribution in [0.4, 0.5) is 13.2 Å². The molecule has 0 saturated carbocycles. The average molecular weight is 506 g/mol. The molecule has 2 aromatic rings. The van der Waals surface area contributed by atoms with Crippen LogP contribution in [0.15, 0.2) is 36.5 Å². The number of hydrogen-bond acceptors (Lipinski definition) is 6. The molecule has 0 radical (unpaired) electrons. The number of carbonyl (C=O) groups is 1. The summed E-state index contributed by atoms with van der Waals surface area (Å²) in [5.74, 6) is 0.455. The lowest BCUT2D eigenvalue weighted by Gasteiger charge is -2.36. The molecule has 0 bridgehead atoms. The number of hydrogen-bond donors (Lipinski definition) is 2. The van der Waals surface area contributed by atoms with Crippen LogP contribution in [0.25, 0.3) is 6.08 Å². The van der Waals surface area contributed by atoms with Gasteiger partial charge in [0.25, 0.3) is 0 Å². The molecule has 3 aliphatic rings. The molecular weight excluding hydrogens is 475 g/mol. The van der Waals surface area contributed by atoms with E-state index in [-0.39, 0.29) is 11.7 Å². The van der Waals surface area contributed by atoms with Crippen LogP contribution >= 0.6 is 0 Å². The van der Waals surface area contributed by atoms with Gasteiger partial charge in [0.1, 0.15) is 5.75 Å². The topological polar surface area (TPSA) is 84.9 Å². The molecule has 2 saturated heterocycles. The van der Waals surface area contributed by atoms with Crippen molar-refractivity contribution in [2.24, 2.45) is 11.8 Å². The lowest BCUT2D eigenvalue weighted by Crippen LogP contribution is -2.49. The van der Waals surface area contributed by atoms with Gasteiger partial charge in [0.05, 0.1) is 6.20 Å². The number of aliphatic hydroxyl groups excluding tert-OH is 1. The minimum absolute atomic E-state index is 0.105. The zero-order valence-electron chi connectivity index (χ0n) is 19.8. The summed E-state index contributed by atoms with van der Waals surface area (Å²) in [7, 11) is 0. The van der Waals surface area contributed by atoms with Crippen molar-refractivity contribution in [1.82, 2.24) is 24.9 Å². The number of fused-ring (bicyclic) bond motifs is 2. The summed E-state index contributed by atoms with van der Waals surface area (Å²) >= 11 is 0. The van der Waals surface area contributed by atoms with Gasteiger partial charge in [-0.15, -0.1) is 13.2 Å². The number of ether oxygens (including phenoxy) is 1. The number of rotatable bonds is 5. The van der Waals surface area contributed by atoms with Gasteiger partial charge in [-0.2, -0.15) is 5.10 Å². The summed E-state index contributed by atoms with van der Waals surface area (Å²) in [6.07, 6.45) is 2.17. The number of likely N-dealkylation sites (tertiary alicyclic amines) is 2. The van der Waals surface area contributed by atoms with E-state index in [9.17, 15) is 23.1 Å². The second kappa shape index (κ2) is 10.2. The van der Waals surface area contributed by atoms with E-state index in [1.54, 1.807) is 6.08 Å². The van der Waals surface area contributed by atoms with Gasteiger partial charge in [0.15, 0.2) is 6.35 Å². The number of alkyl halides is 3. The highest BCUT2D eigenvalue weighted by Crippen LogP contribution is 2.34. The largest absolute Gasteiger partial charge is 0.573 e. The van der Waals surface area contributed by atoms with Crippen LogP contribution in [-0.2, 0) is 17.8 Å². The van der Waals surface area contributed by atoms with Gasteiger partial charge in [-0.25, -0.2) is 0 Å². The average Bonchev–Trinajstić information content (AvgIpc) is 3.44. The molecule has 11 heteroatoms. The molecule has 1 amide bonds. The van der Waals surface area contributed by atoms with Gasteiger partial charge < -0.3 is 14.7 Å². The van der Waals surface area contributed by atoms with E-state index in [0.717, 1.165) is 50.2 Å². The normalized spacial score (nSPS) is 24.4. The number of carbonyl (C=O) groups excluding carboxylic acids is 1. The number of aliphatic hydroxyl groups is 1. The molecule has 2 fully saturated rings. The Bertz CT molecular complexity index is 1070. The first-order valence-electron chi connectivity index (χ1n) is 12.3. The minimum atomic E-state index is -4.73. The number of nitrogens with zero attached hydrogens (tertiary/aromatic N) is 4. The summed E-state index contributed by atoms with van der Waals surface area (Å²) in [5.41, 5.74) is 2.91. The fraction of sp³-hybridized carbons (Fsp3) is 0.520. The Balaban J connectivity index is 1.11. The van der Waals surface area contributed by atoms with Crippen molar-refractivity contribution in [2.75, 3.05) is 32.7 Å². The van der Waals surface area contributed by atoms with E-state index in [1.165, 1.54) is 30.3 Å². The van der Waals surface area contributed by atoms with Gasteiger partial charge in [0, 0.05) is 63.0 Å². The zero-order chi connectivity index (χ0) is 25.3. The molecule has 194 valence electrons. The Morgan fingerprint density at radius 1 is 1.11 bits per heavy atom. The van der Waals surface area contributed by atoms with Crippen LogP contribution in [-0.4, -0.2) is 81.3 Å². The Hall–Kier alpha value is -2.89. The molecule has 36 heavy (non-hydrogen) atoms. The molecule has 1 aromatic heterocycles. The van der Waals surface area contributed by atoms with Crippen molar-refractivity contribution in [3.8, 4) is 5.75 Å². The van der Waals surface area contributed by atoms with Crippen LogP contribution in [0.1, 0.15) is 29.7 Å². The summed E-state index contributed by atoms with van der Waals surface area (Å²) in [4.78, 5) is 18.8. The Kier molecular flexibility index (Phi) is 7.05. The molecule has 3 atom stereocenters. The molecule has 8 nitrogen and oxygen atoms in total. The highest BCUT2D eigenvalue weighted by atomic mass is 19.4. The standard InChI is InChI=1S/C25H30F3N5O3/c26-25(27,28)36-21-4-1-17(2-5-21)3-6-23(34)31-10-7-18-14-33(15-19(18)8-11-31)24(35)32-12-9-22-20(16-32)13-29-30-22/h1-6,13,18-19,24,35H,7-12,14-16H2,(H,29,30)/b6-3+/t18-,19?,24?/m0/s1. The zero-order valence-corrected chi connectivity index (χ0v) is 19.8. The Morgan fingerprint density at radius 2 is 1.81 bits per heavy atom. The highest BCUT2D eigenvalue weighted by Gasteiger charge is 2.39. The van der Waals surface area contributed by atoms with Crippen molar-refractivity contribution in [3.05, 3.63) is 53.4 Å². The number of nitrogens with one attached hydrogen (secondary N) is 1. The molecule has 0 aliphatic carbocycles. The summed E-state index contributed by atoms with van der Waals surface area (Å²) in [6.45, 7) is 4.39. The van der Waals surface area contributed by atoms with E-state index < -0.39 is 12.7 Å². The number of amides is 1. The molecule has 1 aromatic carbocycles. The third-order valence-electron chi connectivity index (χ3n) is 7.47. The van der Waals surface area contributed by atoms with E-state index in [4.69, 9.17) is 0 Å². The fourth-order valence-electron chi connectivity index (χ4n) is 5.52. The number of aromatic nitrogens is 2. The third-order valence-corrected chi connectivity index (χ3v) is 7.47. The van der Waals surface area contributed by atoms with Crippen molar-refractivity contribution in [1.29, 1.82) is 0 Å². The minimum Gasteiger partial charge on any atom is -0.406 e. The lowest BCUT2D eigenvalue weighted by molar-refractivity contribution is -0.274. The number of halogens is 3. The van der Waals surface area contributed by atoms with Crippen molar-refractivity contribution < 1.29 is 27.8 Å². The maximum Gasteiger partial charge on any atom is 0.573 e. The van der Waals surface area contributed by atoms with Crippen molar-refractivity contribution in [3.63, 3.8) is 0 Å². The maximum absolute atomic E-state index is 12.8.